The quantitative estimate of drug-likeness (QED) is 0.722. The van der Waals surface area contributed by atoms with Gasteiger partial charge in [0.2, 0.25) is 0 Å². The van der Waals surface area contributed by atoms with Crippen molar-refractivity contribution >= 4 is 17.7 Å². The first kappa shape index (κ1) is 14.8. The van der Waals surface area contributed by atoms with Gasteiger partial charge in [0.25, 0.3) is 0 Å². The molecular weight excluding hydrogens is 236 g/mol. The van der Waals surface area contributed by atoms with Crippen LogP contribution in [0.2, 0.25) is 0 Å². The Morgan fingerprint density at radius 2 is 1.94 bits per heavy atom. The highest BCUT2D eigenvalue weighted by Gasteiger charge is 2.39. The van der Waals surface area contributed by atoms with Crippen molar-refractivity contribution in [2.45, 2.75) is 32.2 Å². The molecule has 0 aromatic rings. The van der Waals surface area contributed by atoms with Crippen LogP contribution in [-0.4, -0.2) is 59.2 Å². The monoisotopic (exact) mass is 260 g/mol. The van der Waals surface area contributed by atoms with Gasteiger partial charge in [-0.3, -0.25) is 4.79 Å². The van der Waals surface area contributed by atoms with E-state index < -0.39 is 11.5 Å². The molecule has 1 fully saturated rings. The fourth-order valence-corrected chi connectivity index (χ4v) is 3.37. The minimum atomic E-state index is -0.683. The van der Waals surface area contributed by atoms with Crippen LogP contribution >= 0.6 is 11.8 Å². The molecule has 0 aromatic carbocycles. The first-order chi connectivity index (χ1) is 8.14. The Labute approximate surface area is 108 Å². The predicted molar refractivity (Wildman–Crippen MR) is 72.7 cm³/mol. The number of hydrogen-bond donors (Lipinski definition) is 2. The summed E-state index contributed by atoms with van der Waals surface area (Å²) >= 11 is 1.85. The number of nitrogens with one attached hydrogen (secondary N) is 1. The summed E-state index contributed by atoms with van der Waals surface area (Å²) in [6.45, 7) is 8.00. The van der Waals surface area contributed by atoms with Crippen molar-refractivity contribution in [3.63, 3.8) is 0 Å². The van der Waals surface area contributed by atoms with Gasteiger partial charge in [0.15, 0.2) is 0 Å². The predicted octanol–water partition coefficient (Wildman–Crippen LogP) is 1.27. The van der Waals surface area contributed by atoms with Gasteiger partial charge in [-0.25, -0.2) is 0 Å². The van der Waals surface area contributed by atoms with Crippen LogP contribution in [0.4, 0.5) is 0 Å². The second-order valence-corrected chi connectivity index (χ2v) is 5.68. The van der Waals surface area contributed by atoms with Crippen molar-refractivity contribution in [3.8, 4) is 0 Å². The molecule has 1 aliphatic rings. The Morgan fingerprint density at radius 1 is 1.35 bits per heavy atom. The number of carbonyl (C=O) groups is 1. The van der Waals surface area contributed by atoms with Crippen molar-refractivity contribution < 1.29 is 9.90 Å². The van der Waals surface area contributed by atoms with Gasteiger partial charge in [0.05, 0.1) is 0 Å². The number of rotatable bonds is 7. The molecule has 1 aliphatic heterocycles. The number of nitrogens with zero attached hydrogens (tertiary/aromatic N) is 1. The van der Waals surface area contributed by atoms with E-state index in [1.807, 2.05) is 11.8 Å². The SMILES string of the molecule is CCN(CC)CCNC1(C(=O)O)CCSCC1. The summed E-state index contributed by atoms with van der Waals surface area (Å²) in [6, 6.07) is 0. The summed E-state index contributed by atoms with van der Waals surface area (Å²) in [7, 11) is 0. The van der Waals surface area contributed by atoms with Gasteiger partial charge in [0.1, 0.15) is 5.54 Å². The summed E-state index contributed by atoms with van der Waals surface area (Å²) in [5, 5.41) is 12.7. The summed E-state index contributed by atoms with van der Waals surface area (Å²) < 4.78 is 0. The normalized spacial score (nSPS) is 19.5. The second kappa shape index (κ2) is 7.24. The summed E-state index contributed by atoms with van der Waals surface area (Å²) in [5.41, 5.74) is -0.668. The molecule has 2 N–H and O–H groups in total. The molecule has 0 aliphatic carbocycles. The Morgan fingerprint density at radius 3 is 2.41 bits per heavy atom. The molecule has 17 heavy (non-hydrogen) atoms. The van der Waals surface area contributed by atoms with Gasteiger partial charge in [-0.05, 0) is 37.4 Å². The van der Waals surface area contributed by atoms with E-state index >= 15 is 0 Å². The Balaban J connectivity index is 2.42. The molecule has 4 nitrogen and oxygen atoms in total. The number of likely N-dealkylation sites (N-methyl/N-ethyl adjacent to an activating group) is 1. The standard InChI is InChI=1S/C12H24N2O2S/c1-3-14(4-2)8-7-13-12(11(15)16)5-9-17-10-6-12/h13H,3-10H2,1-2H3,(H,15,16). The first-order valence-corrected chi connectivity index (χ1v) is 7.58. The number of aliphatic carboxylic acids is 1. The molecule has 1 rings (SSSR count). The maximum absolute atomic E-state index is 11.4. The number of hydrogen-bond acceptors (Lipinski definition) is 4. The highest BCUT2D eigenvalue weighted by molar-refractivity contribution is 7.99. The van der Waals surface area contributed by atoms with Crippen molar-refractivity contribution in [1.82, 2.24) is 10.2 Å². The first-order valence-electron chi connectivity index (χ1n) is 6.43. The smallest absolute Gasteiger partial charge is 0.323 e. The third-order valence-electron chi connectivity index (χ3n) is 3.54. The molecule has 0 bridgehead atoms. The fourth-order valence-electron chi connectivity index (χ4n) is 2.18. The van der Waals surface area contributed by atoms with Crippen LogP contribution in [0.3, 0.4) is 0 Å². The van der Waals surface area contributed by atoms with Gasteiger partial charge in [-0.15, -0.1) is 0 Å². The number of carboxylic acid groups (broad SMARTS) is 1. The second-order valence-electron chi connectivity index (χ2n) is 4.45. The van der Waals surface area contributed by atoms with E-state index in [9.17, 15) is 9.90 Å². The number of carboxylic acids is 1. The lowest BCUT2D eigenvalue weighted by molar-refractivity contribution is -0.145. The van der Waals surface area contributed by atoms with Crippen molar-refractivity contribution in [2.75, 3.05) is 37.7 Å². The Bertz CT molecular complexity index is 239. The van der Waals surface area contributed by atoms with Crippen LogP contribution in [0.5, 0.6) is 0 Å². The van der Waals surface area contributed by atoms with Crippen LogP contribution in [0.25, 0.3) is 0 Å². The van der Waals surface area contributed by atoms with Gasteiger partial charge >= 0.3 is 5.97 Å². The lowest BCUT2D eigenvalue weighted by Crippen LogP contribution is -2.55. The van der Waals surface area contributed by atoms with Crippen LogP contribution in [0, 0.1) is 0 Å². The van der Waals surface area contributed by atoms with E-state index in [-0.39, 0.29) is 0 Å². The van der Waals surface area contributed by atoms with E-state index in [2.05, 4.69) is 24.1 Å². The molecule has 1 saturated heterocycles. The van der Waals surface area contributed by atoms with Crippen LogP contribution < -0.4 is 5.32 Å². The molecule has 0 atom stereocenters. The average molecular weight is 260 g/mol. The average Bonchev–Trinajstić information content (AvgIpc) is 2.35. The minimum absolute atomic E-state index is 0.668. The molecule has 0 radical (unpaired) electrons. The van der Waals surface area contributed by atoms with Gasteiger partial charge in [0, 0.05) is 13.1 Å². The molecule has 0 spiro atoms. The lowest BCUT2D eigenvalue weighted by Gasteiger charge is -2.34. The Hall–Kier alpha value is -0.260. The van der Waals surface area contributed by atoms with Gasteiger partial charge in [-0.2, -0.15) is 11.8 Å². The molecule has 100 valence electrons. The third-order valence-corrected chi connectivity index (χ3v) is 4.53. The topological polar surface area (TPSA) is 52.6 Å². The molecular formula is C12H24N2O2S. The molecule has 5 heteroatoms. The molecule has 0 amide bonds. The van der Waals surface area contributed by atoms with E-state index in [0.29, 0.717) is 0 Å². The van der Waals surface area contributed by atoms with Gasteiger partial charge < -0.3 is 15.3 Å². The maximum atomic E-state index is 11.4. The molecule has 1 heterocycles. The highest BCUT2D eigenvalue weighted by atomic mass is 32.2. The van der Waals surface area contributed by atoms with Crippen LogP contribution in [0.15, 0.2) is 0 Å². The van der Waals surface area contributed by atoms with Crippen LogP contribution in [-0.2, 0) is 4.79 Å². The lowest BCUT2D eigenvalue weighted by atomic mass is 9.92. The Kier molecular flexibility index (Phi) is 6.30. The van der Waals surface area contributed by atoms with Gasteiger partial charge in [-0.1, -0.05) is 13.8 Å². The van der Waals surface area contributed by atoms with E-state index in [1.165, 1.54) is 0 Å². The number of thioether (sulfide) groups is 1. The summed E-state index contributed by atoms with van der Waals surface area (Å²) in [6.07, 6.45) is 1.48. The van der Waals surface area contributed by atoms with E-state index in [1.54, 1.807) is 0 Å². The summed E-state index contributed by atoms with van der Waals surface area (Å²) in [4.78, 5) is 13.7. The van der Waals surface area contributed by atoms with Crippen molar-refractivity contribution in [3.05, 3.63) is 0 Å². The zero-order chi connectivity index (χ0) is 12.7. The largest absolute Gasteiger partial charge is 0.480 e. The maximum Gasteiger partial charge on any atom is 0.323 e. The highest BCUT2D eigenvalue weighted by Crippen LogP contribution is 2.27. The van der Waals surface area contributed by atoms with E-state index in [0.717, 1.165) is 50.5 Å². The molecule has 0 aromatic heterocycles. The third kappa shape index (κ3) is 4.16. The van der Waals surface area contributed by atoms with Crippen LogP contribution in [0.1, 0.15) is 26.7 Å². The molecule has 0 unspecified atom stereocenters. The zero-order valence-corrected chi connectivity index (χ0v) is 11.7. The van der Waals surface area contributed by atoms with Crippen molar-refractivity contribution in [1.29, 1.82) is 0 Å². The summed E-state index contributed by atoms with van der Waals surface area (Å²) in [5.74, 6) is 1.21. The van der Waals surface area contributed by atoms with E-state index in [4.69, 9.17) is 0 Å². The van der Waals surface area contributed by atoms with Crippen molar-refractivity contribution in [2.24, 2.45) is 0 Å². The minimum Gasteiger partial charge on any atom is -0.480 e. The fraction of sp³-hybridized carbons (Fsp3) is 0.917. The molecule has 0 saturated carbocycles. The zero-order valence-electron chi connectivity index (χ0n) is 10.9.